The van der Waals surface area contributed by atoms with Crippen molar-refractivity contribution >= 4 is 11.0 Å². The quantitative estimate of drug-likeness (QED) is 0.808. The second-order valence-electron chi connectivity index (χ2n) is 5.20. The Morgan fingerprint density at radius 2 is 2.00 bits per heavy atom. The number of hydrogen-bond acceptors (Lipinski definition) is 1. The number of halogens is 2. The van der Waals surface area contributed by atoms with Crippen molar-refractivity contribution < 1.29 is 8.78 Å². The number of nitrogens with one attached hydrogen (secondary N) is 1. The van der Waals surface area contributed by atoms with E-state index in [-0.39, 0.29) is 18.8 Å². The van der Waals surface area contributed by atoms with Crippen LogP contribution in [-0.2, 0) is 0 Å². The minimum atomic E-state index is -2.47. The van der Waals surface area contributed by atoms with Gasteiger partial charge in [-0.3, -0.25) is 0 Å². The molecule has 0 amide bonds. The summed E-state index contributed by atoms with van der Waals surface area (Å²) in [6.45, 7) is 1.92. The molecule has 4 heteroatoms. The van der Waals surface area contributed by atoms with Gasteiger partial charge in [-0.15, -0.1) is 0 Å². The van der Waals surface area contributed by atoms with Crippen molar-refractivity contribution in [3.8, 4) is 0 Å². The maximum Gasteiger partial charge on any atom is 0.248 e. The lowest BCUT2D eigenvalue weighted by atomic mass is 9.82. The van der Waals surface area contributed by atoms with E-state index in [2.05, 4.69) is 9.97 Å². The van der Waals surface area contributed by atoms with Gasteiger partial charge < -0.3 is 4.98 Å². The number of para-hydroxylation sites is 1. The Morgan fingerprint density at radius 1 is 1.28 bits per heavy atom. The van der Waals surface area contributed by atoms with Crippen LogP contribution in [0.1, 0.15) is 43.0 Å². The molecular weight excluding hydrogens is 234 g/mol. The Morgan fingerprint density at radius 3 is 2.72 bits per heavy atom. The van der Waals surface area contributed by atoms with Crippen molar-refractivity contribution in [3.05, 3.63) is 29.6 Å². The van der Waals surface area contributed by atoms with E-state index < -0.39 is 5.92 Å². The van der Waals surface area contributed by atoms with Crippen molar-refractivity contribution in [3.63, 3.8) is 0 Å². The number of aromatic nitrogens is 2. The number of imidazole rings is 1. The molecule has 1 fully saturated rings. The summed E-state index contributed by atoms with van der Waals surface area (Å²) < 4.78 is 26.4. The van der Waals surface area contributed by atoms with Crippen LogP contribution in [0.5, 0.6) is 0 Å². The highest BCUT2D eigenvalue weighted by atomic mass is 19.3. The monoisotopic (exact) mass is 250 g/mol. The van der Waals surface area contributed by atoms with E-state index >= 15 is 0 Å². The first-order valence-electron chi connectivity index (χ1n) is 6.38. The number of H-pyrrole nitrogens is 1. The number of alkyl halides is 2. The molecule has 0 bridgehead atoms. The molecule has 1 aromatic carbocycles. The Balaban J connectivity index is 1.95. The maximum atomic E-state index is 13.2. The normalized spacial score (nSPS) is 20.4. The van der Waals surface area contributed by atoms with E-state index in [4.69, 9.17) is 0 Å². The molecule has 18 heavy (non-hydrogen) atoms. The molecule has 1 saturated carbocycles. The second kappa shape index (κ2) is 4.04. The molecule has 0 unspecified atom stereocenters. The molecular formula is C14H16F2N2. The van der Waals surface area contributed by atoms with E-state index in [1.165, 1.54) is 0 Å². The van der Waals surface area contributed by atoms with Crippen molar-refractivity contribution in [2.45, 2.75) is 44.4 Å². The molecule has 0 radical (unpaired) electrons. The first-order chi connectivity index (χ1) is 8.55. The van der Waals surface area contributed by atoms with Gasteiger partial charge in [0, 0.05) is 12.8 Å². The van der Waals surface area contributed by atoms with Gasteiger partial charge in [0.1, 0.15) is 5.82 Å². The Kier molecular flexibility index (Phi) is 2.61. The lowest BCUT2D eigenvalue weighted by molar-refractivity contribution is -0.0381. The fourth-order valence-corrected chi connectivity index (χ4v) is 2.86. The van der Waals surface area contributed by atoms with Gasteiger partial charge in [-0.25, -0.2) is 13.8 Å². The first kappa shape index (κ1) is 11.6. The average Bonchev–Trinajstić information content (AvgIpc) is 2.69. The fourth-order valence-electron chi connectivity index (χ4n) is 2.86. The summed E-state index contributed by atoms with van der Waals surface area (Å²) in [7, 11) is 0. The molecule has 1 aliphatic rings. The van der Waals surface area contributed by atoms with E-state index in [1.54, 1.807) is 0 Å². The van der Waals surface area contributed by atoms with Gasteiger partial charge in [0.25, 0.3) is 0 Å². The van der Waals surface area contributed by atoms with Crippen LogP contribution >= 0.6 is 0 Å². The number of aryl methyl sites for hydroxylation is 1. The molecule has 1 aromatic heterocycles. The van der Waals surface area contributed by atoms with Gasteiger partial charge in [0.2, 0.25) is 5.92 Å². The molecule has 0 spiro atoms. The van der Waals surface area contributed by atoms with E-state index in [0.29, 0.717) is 12.8 Å². The van der Waals surface area contributed by atoms with Crippen LogP contribution in [0.25, 0.3) is 11.0 Å². The van der Waals surface area contributed by atoms with E-state index in [1.807, 2.05) is 25.1 Å². The lowest BCUT2D eigenvalue weighted by Gasteiger charge is -2.28. The fraction of sp³-hybridized carbons (Fsp3) is 0.500. The van der Waals surface area contributed by atoms with Crippen LogP contribution in [0.2, 0.25) is 0 Å². The number of aromatic amines is 1. The van der Waals surface area contributed by atoms with Crippen LogP contribution in [0, 0.1) is 6.92 Å². The summed E-state index contributed by atoms with van der Waals surface area (Å²) >= 11 is 0. The van der Waals surface area contributed by atoms with Crippen LogP contribution in [0.4, 0.5) is 8.78 Å². The summed E-state index contributed by atoms with van der Waals surface area (Å²) in [5.41, 5.74) is 3.07. The van der Waals surface area contributed by atoms with Crippen molar-refractivity contribution in [1.82, 2.24) is 9.97 Å². The zero-order chi connectivity index (χ0) is 12.8. The molecule has 1 aliphatic carbocycles. The number of rotatable bonds is 1. The highest BCUT2D eigenvalue weighted by Crippen LogP contribution is 2.42. The van der Waals surface area contributed by atoms with Crippen LogP contribution in [0.3, 0.4) is 0 Å². The smallest absolute Gasteiger partial charge is 0.248 e. The highest BCUT2D eigenvalue weighted by Gasteiger charge is 2.35. The van der Waals surface area contributed by atoms with Crippen molar-refractivity contribution in [1.29, 1.82) is 0 Å². The summed E-state index contributed by atoms with van der Waals surface area (Å²) in [6, 6.07) is 5.98. The van der Waals surface area contributed by atoms with Crippen LogP contribution in [0.15, 0.2) is 18.2 Å². The van der Waals surface area contributed by atoms with Crippen molar-refractivity contribution in [2.24, 2.45) is 0 Å². The molecule has 0 aliphatic heterocycles. The van der Waals surface area contributed by atoms with Gasteiger partial charge in [0.05, 0.1) is 11.0 Å². The number of nitrogens with zero attached hydrogens (tertiary/aromatic N) is 1. The summed E-state index contributed by atoms with van der Waals surface area (Å²) in [5, 5.41) is 0. The molecule has 0 saturated heterocycles. The minimum Gasteiger partial charge on any atom is -0.342 e. The average molecular weight is 250 g/mol. The third-order valence-electron chi connectivity index (χ3n) is 3.82. The van der Waals surface area contributed by atoms with Crippen molar-refractivity contribution in [2.75, 3.05) is 0 Å². The number of benzene rings is 1. The van der Waals surface area contributed by atoms with Gasteiger partial charge in [-0.2, -0.15) is 0 Å². The summed E-state index contributed by atoms with van der Waals surface area (Å²) in [4.78, 5) is 7.68. The highest BCUT2D eigenvalue weighted by molar-refractivity contribution is 5.79. The largest absolute Gasteiger partial charge is 0.342 e. The standard InChI is InChI=1S/C14H16F2N2/c1-9-17-12-4-2-3-11(13(12)18-9)10-5-7-14(15,16)8-6-10/h2-4,10H,5-8H2,1H3,(H,17,18). The van der Waals surface area contributed by atoms with Gasteiger partial charge in [-0.05, 0) is 37.3 Å². The number of fused-ring (bicyclic) bond motifs is 1. The molecule has 3 rings (SSSR count). The predicted molar refractivity (Wildman–Crippen MR) is 67.0 cm³/mol. The van der Waals surface area contributed by atoms with E-state index in [9.17, 15) is 8.78 Å². The van der Waals surface area contributed by atoms with Crippen LogP contribution in [-0.4, -0.2) is 15.9 Å². The molecule has 1 N–H and O–H groups in total. The SMILES string of the molecule is Cc1nc2c(C3CCC(F)(F)CC3)cccc2[nH]1. The Hall–Kier alpha value is -1.45. The lowest BCUT2D eigenvalue weighted by Crippen LogP contribution is -2.23. The van der Waals surface area contributed by atoms with Gasteiger partial charge in [0.15, 0.2) is 0 Å². The van der Waals surface area contributed by atoms with E-state index in [0.717, 1.165) is 22.4 Å². The third-order valence-corrected chi connectivity index (χ3v) is 3.82. The zero-order valence-electron chi connectivity index (χ0n) is 10.3. The second-order valence-corrected chi connectivity index (χ2v) is 5.20. The number of hydrogen-bond donors (Lipinski definition) is 1. The topological polar surface area (TPSA) is 28.7 Å². The van der Waals surface area contributed by atoms with Gasteiger partial charge in [-0.1, -0.05) is 12.1 Å². The zero-order valence-corrected chi connectivity index (χ0v) is 10.3. The maximum absolute atomic E-state index is 13.2. The Labute approximate surface area is 104 Å². The summed E-state index contributed by atoms with van der Waals surface area (Å²) in [5.74, 6) is -1.37. The molecule has 1 heterocycles. The van der Waals surface area contributed by atoms with Crippen LogP contribution < -0.4 is 0 Å². The molecule has 2 nitrogen and oxygen atoms in total. The Bertz CT molecular complexity index is 564. The first-order valence-corrected chi connectivity index (χ1v) is 6.38. The van der Waals surface area contributed by atoms with Gasteiger partial charge >= 0.3 is 0 Å². The molecule has 0 atom stereocenters. The minimum absolute atomic E-state index is 0.00252. The third kappa shape index (κ3) is 2.00. The predicted octanol–water partition coefficient (Wildman–Crippen LogP) is 4.16. The molecule has 96 valence electrons. The molecule has 2 aromatic rings. The summed E-state index contributed by atoms with van der Waals surface area (Å²) in [6.07, 6.45) is 1.10.